The Morgan fingerprint density at radius 1 is 1.18 bits per heavy atom. The molecule has 0 radical (unpaired) electrons. The molecule has 2 amide bonds. The Labute approximate surface area is 134 Å². The lowest BCUT2D eigenvalue weighted by Gasteiger charge is -2.45. The van der Waals surface area contributed by atoms with Crippen LogP contribution in [0, 0.1) is 0 Å². The molecule has 2 saturated heterocycles. The molecule has 5 nitrogen and oxygen atoms in total. The summed E-state index contributed by atoms with van der Waals surface area (Å²) in [5.41, 5.74) is 0. The fourth-order valence-electron chi connectivity index (χ4n) is 2.96. The van der Waals surface area contributed by atoms with Crippen molar-refractivity contribution in [1.29, 1.82) is 0 Å². The Balaban J connectivity index is 1.70. The molecule has 1 aromatic rings. The molecule has 2 aliphatic rings. The van der Waals surface area contributed by atoms with Crippen LogP contribution in [-0.4, -0.2) is 53.9 Å². The largest absolute Gasteiger partial charge is 0.478 e. The van der Waals surface area contributed by atoms with Gasteiger partial charge in [0.25, 0.3) is 5.91 Å². The number of likely N-dealkylation sites (tertiary alicyclic amines) is 2. The lowest BCUT2D eigenvalue weighted by molar-refractivity contribution is -0.171. The summed E-state index contributed by atoms with van der Waals surface area (Å²) in [5.74, 6) is 0.373. The Bertz CT molecular complexity index is 569. The van der Waals surface area contributed by atoms with Crippen LogP contribution in [0.3, 0.4) is 0 Å². The van der Waals surface area contributed by atoms with Gasteiger partial charge in [-0.25, -0.2) is 0 Å². The molecule has 0 N–H and O–H groups in total. The fourth-order valence-corrected chi connectivity index (χ4v) is 3.09. The van der Waals surface area contributed by atoms with E-state index in [-0.39, 0.29) is 11.8 Å². The Morgan fingerprint density at radius 3 is 2.45 bits per heavy atom. The first-order valence-corrected chi connectivity index (χ1v) is 7.93. The number of carbonyl (C=O) groups is 2. The minimum atomic E-state index is -0.736. The number of benzene rings is 1. The standard InChI is InChI=1S/C16H19ClN2O3/c1-18-13(15(20)19-9-3-2-4-10-19)14(16(18)21)22-12-7-5-11(17)6-8-12/h5-8,13-14H,2-4,9-10H2,1H3/t13-,14-/m0/s1. The first-order chi connectivity index (χ1) is 10.6. The predicted molar refractivity (Wildman–Crippen MR) is 82.9 cm³/mol. The van der Waals surface area contributed by atoms with Crippen molar-refractivity contribution in [2.45, 2.75) is 31.4 Å². The van der Waals surface area contributed by atoms with E-state index in [0.29, 0.717) is 10.8 Å². The number of likely N-dealkylation sites (N-methyl/N-ethyl adjacent to an activating group) is 1. The number of ether oxygens (including phenoxy) is 1. The molecule has 0 bridgehead atoms. The molecule has 6 heteroatoms. The number of β-lactam (4-membered cyclic amide) rings is 1. The second-order valence-electron chi connectivity index (χ2n) is 5.77. The van der Waals surface area contributed by atoms with Crippen LogP contribution in [0.2, 0.25) is 5.02 Å². The third-order valence-corrected chi connectivity index (χ3v) is 4.54. The molecule has 2 aliphatic heterocycles. The van der Waals surface area contributed by atoms with Crippen LogP contribution in [0.15, 0.2) is 24.3 Å². The van der Waals surface area contributed by atoms with Crippen molar-refractivity contribution >= 4 is 23.4 Å². The Kier molecular flexibility index (Phi) is 4.25. The fraction of sp³-hybridized carbons (Fsp3) is 0.500. The number of rotatable bonds is 3. The average molecular weight is 323 g/mol. The van der Waals surface area contributed by atoms with Crippen LogP contribution in [-0.2, 0) is 9.59 Å². The first-order valence-electron chi connectivity index (χ1n) is 7.55. The molecule has 2 atom stereocenters. The third kappa shape index (κ3) is 2.77. The van der Waals surface area contributed by atoms with E-state index in [1.807, 2.05) is 4.90 Å². The zero-order valence-electron chi connectivity index (χ0n) is 12.5. The summed E-state index contributed by atoms with van der Waals surface area (Å²) in [6, 6.07) is 6.28. The van der Waals surface area contributed by atoms with Crippen molar-refractivity contribution in [2.75, 3.05) is 20.1 Å². The van der Waals surface area contributed by atoms with Gasteiger partial charge in [-0.3, -0.25) is 9.59 Å². The van der Waals surface area contributed by atoms with Crippen molar-refractivity contribution < 1.29 is 14.3 Å². The zero-order chi connectivity index (χ0) is 15.7. The van der Waals surface area contributed by atoms with Gasteiger partial charge in [-0.2, -0.15) is 0 Å². The molecule has 2 heterocycles. The maximum Gasteiger partial charge on any atom is 0.266 e. The summed E-state index contributed by atoms with van der Waals surface area (Å²) < 4.78 is 5.72. The van der Waals surface area contributed by atoms with Gasteiger partial charge < -0.3 is 14.5 Å². The number of nitrogens with zero attached hydrogens (tertiary/aromatic N) is 2. The van der Waals surface area contributed by atoms with Crippen LogP contribution >= 0.6 is 11.6 Å². The normalized spacial score (nSPS) is 24.9. The number of hydrogen-bond donors (Lipinski definition) is 0. The van der Waals surface area contributed by atoms with E-state index < -0.39 is 12.1 Å². The van der Waals surface area contributed by atoms with Gasteiger partial charge in [0, 0.05) is 25.2 Å². The summed E-state index contributed by atoms with van der Waals surface area (Å²) in [7, 11) is 1.65. The van der Waals surface area contributed by atoms with Crippen LogP contribution in [0.25, 0.3) is 0 Å². The quantitative estimate of drug-likeness (QED) is 0.799. The van der Waals surface area contributed by atoms with Crippen LogP contribution in [0.4, 0.5) is 0 Å². The van der Waals surface area contributed by atoms with Crippen molar-refractivity contribution in [3.8, 4) is 5.75 Å². The van der Waals surface area contributed by atoms with Crippen molar-refractivity contribution in [2.24, 2.45) is 0 Å². The smallest absolute Gasteiger partial charge is 0.266 e. The molecule has 0 aromatic heterocycles. The first kappa shape index (κ1) is 15.2. The van der Waals surface area contributed by atoms with Gasteiger partial charge >= 0.3 is 0 Å². The highest BCUT2D eigenvalue weighted by Gasteiger charge is 2.52. The van der Waals surface area contributed by atoms with Gasteiger partial charge in [0.2, 0.25) is 12.0 Å². The van der Waals surface area contributed by atoms with Gasteiger partial charge in [-0.05, 0) is 43.5 Å². The number of hydrogen-bond acceptors (Lipinski definition) is 3. The monoisotopic (exact) mass is 322 g/mol. The van der Waals surface area contributed by atoms with Crippen LogP contribution in [0.1, 0.15) is 19.3 Å². The van der Waals surface area contributed by atoms with E-state index in [1.165, 1.54) is 4.90 Å². The summed E-state index contributed by atoms with van der Waals surface area (Å²) in [5, 5.41) is 0.602. The third-order valence-electron chi connectivity index (χ3n) is 4.29. The summed E-state index contributed by atoms with van der Waals surface area (Å²) in [6.07, 6.45) is 2.48. The van der Waals surface area contributed by atoms with Crippen molar-refractivity contribution in [3.63, 3.8) is 0 Å². The second kappa shape index (κ2) is 6.16. The van der Waals surface area contributed by atoms with E-state index in [4.69, 9.17) is 16.3 Å². The molecule has 118 valence electrons. The minimum Gasteiger partial charge on any atom is -0.478 e. The summed E-state index contributed by atoms with van der Waals surface area (Å²) in [6.45, 7) is 1.54. The predicted octanol–water partition coefficient (Wildman–Crippen LogP) is 1.94. The summed E-state index contributed by atoms with van der Waals surface area (Å²) in [4.78, 5) is 28.0. The number of carbonyl (C=O) groups excluding carboxylic acids is 2. The SMILES string of the molecule is CN1C(=O)[C@@H](Oc2ccc(Cl)cc2)[C@H]1C(=O)N1CCCCC1. The molecule has 0 aliphatic carbocycles. The van der Waals surface area contributed by atoms with E-state index >= 15 is 0 Å². The van der Waals surface area contributed by atoms with Crippen molar-refractivity contribution in [3.05, 3.63) is 29.3 Å². The molecule has 3 rings (SSSR count). The molecule has 0 saturated carbocycles. The van der Waals surface area contributed by atoms with Gasteiger partial charge in [0.15, 0.2) is 6.04 Å². The van der Waals surface area contributed by atoms with Crippen LogP contribution in [0.5, 0.6) is 5.75 Å². The van der Waals surface area contributed by atoms with E-state index in [0.717, 1.165) is 32.4 Å². The van der Waals surface area contributed by atoms with E-state index in [9.17, 15) is 9.59 Å². The van der Waals surface area contributed by atoms with Crippen molar-refractivity contribution in [1.82, 2.24) is 9.80 Å². The Morgan fingerprint density at radius 2 is 1.82 bits per heavy atom. The second-order valence-corrected chi connectivity index (χ2v) is 6.21. The van der Waals surface area contributed by atoms with Crippen LogP contribution < -0.4 is 4.74 Å². The molecule has 0 unspecified atom stereocenters. The average Bonchev–Trinajstić information content (AvgIpc) is 2.56. The molecule has 0 spiro atoms. The highest BCUT2D eigenvalue weighted by Crippen LogP contribution is 2.27. The highest BCUT2D eigenvalue weighted by atomic mass is 35.5. The van der Waals surface area contributed by atoms with E-state index in [1.54, 1.807) is 31.3 Å². The zero-order valence-corrected chi connectivity index (χ0v) is 13.3. The Hall–Kier alpha value is -1.75. The van der Waals surface area contributed by atoms with E-state index in [2.05, 4.69) is 0 Å². The summed E-state index contributed by atoms with van der Waals surface area (Å²) >= 11 is 5.84. The molecule has 2 fully saturated rings. The van der Waals surface area contributed by atoms with Gasteiger partial charge in [-0.1, -0.05) is 11.6 Å². The molecule has 22 heavy (non-hydrogen) atoms. The maximum atomic E-state index is 12.6. The van der Waals surface area contributed by atoms with Gasteiger partial charge in [0.1, 0.15) is 5.75 Å². The lowest BCUT2D eigenvalue weighted by atomic mass is 9.96. The molecular weight excluding hydrogens is 304 g/mol. The number of halogens is 1. The lowest BCUT2D eigenvalue weighted by Crippen LogP contribution is -2.70. The molecular formula is C16H19ClN2O3. The highest BCUT2D eigenvalue weighted by molar-refractivity contribution is 6.30. The topological polar surface area (TPSA) is 49.9 Å². The van der Waals surface area contributed by atoms with Gasteiger partial charge in [0.05, 0.1) is 0 Å². The number of amides is 2. The maximum absolute atomic E-state index is 12.6. The van der Waals surface area contributed by atoms with Gasteiger partial charge in [-0.15, -0.1) is 0 Å². The molecule has 1 aromatic carbocycles. The minimum absolute atomic E-state index is 0.0132. The number of piperidine rings is 1.